The van der Waals surface area contributed by atoms with E-state index in [1.165, 1.54) is 0 Å². The molecule has 1 unspecified atom stereocenters. The molecule has 0 aromatic carbocycles. The second kappa shape index (κ2) is 5.32. The van der Waals surface area contributed by atoms with Crippen LogP contribution in [0.25, 0.3) is 0 Å². The molecule has 90 valence electrons. The van der Waals surface area contributed by atoms with Gasteiger partial charge in [-0.05, 0) is 19.8 Å². The average molecular weight is 246 g/mol. The molecule has 5 nitrogen and oxygen atoms in total. The maximum atomic E-state index is 11.5. The first-order valence-corrected chi connectivity index (χ1v) is 5.21. The van der Waals surface area contributed by atoms with Crippen molar-refractivity contribution in [1.29, 1.82) is 0 Å². The number of esters is 1. The zero-order valence-electron chi connectivity index (χ0n) is 9.16. The van der Waals surface area contributed by atoms with Crippen LogP contribution in [0.15, 0.2) is 0 Å². The molecule has 2 rings (SSSR count). The summed E-state index contributed by atoms with van der Waals surface area (Å²) < 4.78 is 4.93. The first kappa shape index (κ1) is 13.0. The minimum Gasteiger partial charge on any atom is -0.461 e. The number of carbonyl (C=O) groups is 1. The summed E-state index contributed by atoms with van der Waals surface area (Å²) in [7, 11) is 0. The first-order valence-electron chi connectivity index (χ1n) is 5.21. The Kier molecular flexibility index (Phi) is 4.32. The van der Waals surface area contributed by atoms with Gasteiger partial charge in [0.25, 0.3) is 0 Å². The van der Waals surface area contributed by atoms with Gasteiger partial charge in [0.2, 0.25) is 0 Å². The number of aromatic nitrogens is 2. The van der Waals surface area contributed by atoms with E-state index in [2.05, 4.69) is 10.2 Å². The van der Waals surface area contributed by atoms with Crippen LogP contribution in [0.5, 0.6) is 0 Å². The van der Waals surface area contributed by atoms with Crippen LogP contribution >= 0.6 is 12.4 Å². The molecule has 1 aromatic rings. The monoisotopic (exact) mass is 245 g/mol. The minimum absolute atomic E-state index is 0. The molecular weight excluding hydrogens is 230 g/mol. The Balaban J connectivity index is 0.00000128. The fraction of sp³-hybridized carbons (Fsp3) is 0.600. The lowest BCUT2D eigenvalue weighted by Crippen LogP contribution is -2.28. The number of H-pyrrole nitrogens is 1. The normalized spacial score (nSPS) is 18.5. The zero-order valence-corrected chi connectivity index (χ0v) is 9.97. The summed E-state index contributed by atoms with van der Waals surface area (Å²) in [5.74, 6) is -0.342. The molecule has 0 spiro atoms. The van der Waals surface area contributed by atoms with Crippen LogP contribution in [0.1, 0.15) is 35.1 Å². The Hall–Kier alpha value is -1.07. The largest absolute Gasteiger partial charge is 0.461 e. The summed E-state index contributed by atoms with van der Waals surface area (Å²) in [6.45, 7) is 2.16. The number of carbonyl (C=O) groups excluding carboxylic acids is 1. The smallest absolute Gasteiger partial charge is 0.359 e. The molecule has 0 aliphatic heterocycles. The van der Waals surface area contributed by atoms with E-state index >= 15 is 0 Å². The summed E-state index contributed by atoms with van der Waals surface area (Å²) in [5.41, 5.74) is 8.22. The number of hydrogen-bond donors (Lipinski definition) is 2. The second-order valence-electron chi connectivity index (χ2n) is 3.75. The van der Waals surface area contributed by atoms with Gasteiger partial charge in [0.15, 0.2) is 5.69 Å². The summed E-state index contributed by atoms with van der Waals surface area (Å²) in [5, 5.41) is 6.86. The van der Waals surface area contributed by atoms with E-state index in [1.54, 1.807) is 6.92 Å². The Morgan fingerprint density at radius 2 is 2.44 bits per heavy atom. The maximum Gasteiger partial charge on any atom is 0.359 e. The van der Waals surface area contributed by atoms with Crippen molar-refractivity contribution >= 4 is 18.4 Å². The first-order chi connectivity index (χ1) is 7.22. The summed E-state index contributed by atoms with van der Waals surface area (Å²) in [6.07, 6.45) is 2.47. The van der Waals surface area contributed by atoms with Gasteiger partial charge in [-0.3, -0.25) is 5.10 Å². The van der Waals surface area contributed by atoms with E-state index in [0.717, 1.165) is 30.5 Å². The molecule has 1 aliphatic carbocycles. The molecule has 0 saturated carbocycles. The highest BCUT2D eigenvalue weighted by Crippen LogP contribution is 2.22. The standard InChI is InChI=1S/C10H15N3O2.ClH/c1-2-15-10(14)9-7-4-3-6(11)5-8(7)12-13-9;/h6H,2-5,11H2,1H3,(H,12,13);1H. The minimum atomic E-state index is -0.342. The number of aromatic amines is 1. The molecule has 1 aliphatic rings. The van der Waals surface area contributed by atoms with Crippen molar-refractivity contribution < 1.29 is 9.53 Å². The van der Waals surface area contributed by atoms with Gasteiger partial charge < -0.3 is 10.5 Å². The summed E-state index contributed by atoms with van der Waals surface area (Å²) in [6, 6.07) is 0.174. The quantitative estimate of drug-likeness (QED) is 0.756. The van der Waals surface area contributed by atoms with Crippen LogP contribution in [0.2, 0.25) is 0 Å². The molecule has 1 atom stereocenters. The van der Waals surface area contributed by atoms with E-state index in [9.17, 15) is 4.79 Å². The Labute approximate surface area is 100 Å². The molecule has 16 heavy (non-hydrogen) atoms. The van der Waals surface area contributed by atoms with Gasteiger partial charge in [0, 0.05) is 23.7 Å². The van der Waals surface area contributed by atoms with Crippen LogP contribution < -0.4 is 5.73 Å². The van der Waals surface area contributed by atoms with Crippen molar-refractivity contribution in [2.75, 3.05) is 6.61 Å². The fourth-order valence-corrected chi connectivity index (χ4v) is 1.90. The van der Waals surface area contributed by atoms with Gasteiger partial charge in [-0.25, -0.2) is 4.79 Å². The Morgan fingerprint density at radius 3 is 3.12 bits per heavy atom. The lowest BCUT2D eigenvalue weighted by molar-refractivity contribution is 0.0518. The van der Waals surface area contributed by atoms with Crippen LogP contribution in [0, 0.1) is 0 Å². The second-order valence-corrected chi connectivity index (χ2v) is 3.75. The number of nitrogens with one attached hydrogen (secondary N) is 1. The molecule has 0 fully saturated rings. The highest BCUT2D eigenvalue weighted by molar-refractivity contribution is 5.89. The van der Waals surface area contributed by atoms with Crippen LogP contribution in [0.4, 0.5) is 0 Å². The molecular formula is C10H16ClN3O2. The molecule has 1 heterocycles. The highest BCUT2D eigenvalue weighted by Gasteiger charge is 2.25. The number of fused-ring (bicyclic) bond motifs is 1. The number of hydrogen-bond acceptors (Lipinski definition) is 4. The van der Waals surface area contributed by atoms with Crippen LogP contribution in [0.3, 0.4) is 0 Å². The van der Waals surface area contributed by atoms with E-state index in [4.69, 9.17) is 10.5 Å². The summed E-state index contributed by atoms with van der Waals surface area (Å²) >= 11 is 0. The Morgan fingerprint density at radius 1 is 1.69 bits per heavy atom. The topological polar surface area (TPSA) is 81.0 Å². The van der Waals surface area contributed by atoms with E-state index in [1.807, 2.05) is 0 Å². The van der Waals surface area contributed by atoms with Crippen molar-refractivity contribution in [2.45, 2.75) is 32.2 Å². The zero-order chi connectivity index (χ0) is 10.8. The number of rotatable bonds is 2. The number of nitrogens with two attached hydrogens (primary N) is 1. The molecule has 0 amide bonds. The predicted octanol–water partition coefficient (Wildman–Crippen LogP) is 0.824. The lowest BCUT2D eigenvalue weighted by Gasteiger charge is -2.17. The fourth-order valence-electron chi connectivity index (χ4n) is 1.90. The van der Waals surface area contributed by atoms with E-state index < -0.39 is 0 Å². The van der Waals surface area contributed by atoms with Gasteiger partial charge in [-0.2, -0.15) is 5.10 Å². The van der Waals surface area contributed by atoms with Crippen molar-refractivity contribution in [2.24, 2.45) is 5.73 Å². The Bertz CT molecular complexity index is 378. The molecule has 0 radical (unpaired) electrons. The van der Waals surface area contributed by atoms with Crippen LogP contribution in [-0.2, 0) is 17.6 Å². The number of ether oxygens (including phenoxy) is 1. The van der Waals surface area contributed by atoms with Crippen molar-refractivity contribution in [1.82, 2.24) is 10.2 Å². The van der Waals surface area contributed by atoms with Crippen molar-refractivity contribution in [3.05, 3.63) is 17.0 Å². The van der Waals surface area contributed by atoms with Gasteiger partial charge in [-0.15, -0.1) is 12.4 Å². The van der Waals surface area contributed by atoms with Gasteiger partial charge >= 0.3 is 5.97 Å². The van der Waals surface area contributed by atoms with E-state index in [-0.39, 0.29) is 24.4 Å². The number of nitrogens with zero attached hydrogens (tertiary/aromatic N) is 1. The third-order valence-corrected chi connectivity index (χ3v) is 2.65. The molecule has 0 bridgehead atoms. The molecule has 6 heteroatoms. The van der Waals surface area contributed by atoms with Gasteiger partial charge in [0.05, 0.1) is 6.61 Å². The third-order valence-electron chi connectivity index (χ3n) is 2.65. The SMILES string of the molecule is CCOC(=O)c1n[nH]c2c1CCC(N)C2.Cl. The molecule has 3 N–H and O–H groups in total. The van der Waals surface area contributed by atoms with Crippen LogP contribution in [-0.4, -0.2) is 28.8 Å². The highest BCUT2D eigenvalue weighted by atomic mass is 35.5. The predicted molar refractivity (Wildman–Crippen MR) is 61.8 cm³/mol. The van der Waals surface area contributed by atoms with Crippen molar-refractivity contribution in [3.8, 4) is 0 Å². The lowest BCUT2D eigenvalue weighted by atomic mass is 9.92. The van der Waals surface area contributed by atoms with Gasteiger partial charge in [-0.1, -0.05) is 0 Å². The van der Waals surface area contributed by atoms with Gasteiger partial charge in [0.1, 0.15) is 0 Å². The number of halogens is 1. The summed E-state index contributed by atoms with van der Waals surface area (Å²) in [4.78, 5) is 11.5. The molecule has 0 saturated heterocycles. The van der Waals surface area contributed by atoms with E-state index in [0.29, 0.717) is 12.3 Å². The maximum absolute atomic E-state index is 11.5. The third kappa shape index (κ3) is 2.36. The van der Waals surface area contributed by atoms with Crippen molar-refractivity contribution in [3.63, 3.8) is 0 Å². The molecule has 1 aromatic heterocycles. The average Bonchev–Trinajstić information content (AvgIpc) is 2.60.